The van der Waals surface area contributed by atoms with Gasteiger partial charge in [-0.15, -0.1) is 0 Å². The number of nitrogens with zero attached hydrogens (tertiary/aromatic N) is 2. The van der Waals surface area contributed by atoms with Gasteiger partial charge in [0.1, 0.15) is 5.75 Å². The number of hydrogen-bond acceptors (Lipinski definition) is 4. The molecule has 0 atom stereocenters. The van der Waals surface area contributed by atoms with E-state index < -0.39 is 5.97 Å². The highest BCUT2D eigenvalue weighted by molar-refractivity contribution is 5.86. The van der Waals surface area contributed by atoms with Crippen LogP contribution >= 0.6 is 0 Å². The fourth-order valence-corrected chi connectivity index (χ4v) is 1.67. The topological polar surface area (TPSA) is 72.3 Å². The molecule has 2 aromatic rings. The number of hydrogen-bond donors (Lipinski definition) is 1. The molecule has 5 nitrogen and oxygen atoms in total. The lowest BCUT2D eigenvalue weighted by Crippen LogP contribution is -2.04. The lowest BCUT2D eigenvalue weighted by Gasteiger charge is -2.05. The van der Waals surface area contributed by atoms with Gasteiger partial charge in [0.05, 0.1) is 6.61 Å². The maximum atomic E-state index is 11.0. The van der Waals surface area contributed by atoms with Crippen LogP contribution in [-0.4, -0.2) is 27.7 Å². The van der Waals surface area contributed by atoms with Gasteiger partial charge < -0.3 is 9.84 Å². The van der Waals surface area contributed by atoms with Gasteiger partial charge >= 0.3 is 5.97 Å². The third-order valence-electron chi connectivity index (χ3n) is 2.50. The second-order valence-corrected chi connectivity index (χ2v) is 3.98. The molecule has 19 heavy (non-hydrogen) atoms. The highest BCUT2D eigenvalue weighted by atomic mass is 16.5. The highest BCUT2D eigenvalue weighted by Gasteiger charge is 2.10. The van der Waals surface area contributed by atoms with Crippen LogP contribution in [0.3, 0.4) is 0 Å². The summed E-state index contributed by atoms with van der Waals surface area (Å²) in [6.07, 6.45) is 0. The highest BCUT2D eigenvalue weighted by Crippen LogP contribution is 2.20. The molecule has 0 spiro atoms. The number of carboxylic acid groups (broad SMARTS) is 1. The summed E-state index contributed by atoms with van der Waals surface area (Å²) in [5.41, 5.74) is 1.38. The Morgan fingerprint density at radius 2 is 1.95 bits per heavy atom. The van der Waals surface area contributed by atoms with Crippen molar-refractivity contribution >= 4 is 5.97 Å². The number of aryl methyl sites for hydroxylation is 1. The van der Waals surface area contributed by atoms with E-state index in [1.54, 1.807) is 6.92 Å². The van der Waals surface area contributed by atoms with Crippen molar-refractivity contribution in [2.45, 2.75) is 13.8 Å². The molecule has 0 fully saturated rings. The van der Waals surface area contributed by atoms with Crippen LogP contribution < -0.4 is 4.74 Å². The smallest absolute Gasteiger partial charge is 0.354 e. The number of benzene rings is 1. The Morgan fingerprint density at radius 1 is 1.26 bits per heavy atom. The number of rotatable bonds is 4. The van der Waals surface area contributed by atoms with Gasteiger partial charge in [0, 0.05) is 11.3 Å². The lowest BCUT2D eigenvalue weighted by atomic mass is 10.2. The first-order valence-electron chi connectivity index (χ1n) is 5.92. The quantitative estimate of drug-likeness (QED) is 0.912. The minimum atomic E-state index is -1.06. The molecular formula is C14H14N2O3. The third-order valence-corrected chi connectivity index (χ3v) is 2.50. The average Bonchev–Trinajstić information content (AvgIpc) is 2.39. The molecule has 0 bridgehead atoms. The van der Waals surface area contributed by atoms with Crippen LogP contribution in [0, 0.1) is 6.92 Å². The number of aromatic carboxylic acids is 1. The van der Waals surface area contributed by atoms with Crippen LogP contribution in [0.15, 0.2) is 30.3 Å². The summed E-state index contributed by atoms with van der Waals surface area (Å²) in [5, 5.41) is 8.98. The second-order valence-electron chi connectivity index (χ2n) is 3.98. The number of carboxylic acids is 1. The van der Waals surface area contributed by atoms with Crippen molar-refractivity contribution < 1.29 is 14.6 Å². The summed E-state index contributed by atoms with van der Waals surface area (Å²) in [5.74, 6) is 0.107. The van der Waals surface area contributed by atoms with Gasteiger partial charge in [0.2, 0.25) is 0 Å². The maximum Gasteiger partial charge on any atom is 0.354 e. The minimum absolute atomic E-state index is 0.00335. The number of ether oxygens (including phenoxy) is 1. The van der Waals surface area contributed by atoms with E-state index in [9.17, 15) is 4.79 Å². The number of carbonyl (C=O) groups is 1. The predicted octanol–water partition coefficient (Wildman–Crippen LogP) is 2.55. The third kappa shape index (κ3) is 3.07. The Balaban J connectivity index is 2.38. The van der Waals surface area contributed by atoms with Crippen molar-refractivity contribution in [2.75, 3.05) is 6.61 Å². The molecule has 0 aliphatic carbocycles. The van der Waals surface area contributed by atoms with Crippen LogP contribution in [0.1, 0.15) is 23.1 Å². The van der Waals surface area contributed by atoms with Crippen molar-refractivity contribution in [3.8, 4) is 17.1 Å². The molecule has 0 aliphatic rings. The lowest BCUT2D eigenvalue weighted by molar-refractivity contribution is 0.0690. The summed E-state index contributed by atoms with van der Waals surface area (Å²) in [7, 11) is 0. The zero-order valence-corrected chi connectivity index (χ0v) is 10.8. The molecule has 1 heterocycles. The summed E-state index contributed by atoms with van der Waals surface area (Å²) in [4.78, 5) is 19.2. The zero-order valence-electron chi connectivity index (χ0n) is 10.8. The number of aromatic nitrogens is 2. The largest absolute Gasteiger partial charge is 0.494 e. The normalized spacial score (nSPS) is 10.2. The Bertz CT molecular complexity index is 594. The van der Waals surface area contributed by atoms with Crippen molar-refractivity contribution in [2.24, 2.45) is 0 Å². The molecule has 1 aromatic heterocycles. The first kappa shape index (κ1) is 13.0. The Morgan fingerprint density at radius 3 is 2.53 bits per heavy atom. The van der Waals surface area contributed by atoms with E-state index in [4.69, 9.17) is 9.84 Å². The first-order valence-corrected chi connectivity index (χ1v) is 5.92. The minimum Gasteiger partial charge on any atom is -0.494 e. The van der Waals surface area contributed by atoms with Crippen molar-refractivity contribution in [1.82, 2.24) is 9.97 Å². The van der Waals surface area contributed by atoms with Gasteiger partial charge in [0.15, 0.2) is 11.5 Å². The molecule has 0 unspecified atom stereocenters. The van der Waals surface area contributed by atoms with Crippen LogP contribution in [0.5, 0.6) is 5.75 Å². The molecule has 0 radical (unpaired) electrons. The Hall–Kier alpha value is -2.43. The fraction of sp³-hybridized carbons (Fsp3) is 0.214. The van der Waals surface area contributed by atoms with Crippen LogP contribution in [0.4, 0.5) is 0 Å². The molecule has 0 saturated carbocycles. The van der Waals surface area contributed by atoms with E-state index in [1.165, 1.54) is 6.07 Å². The van der Waals surface area contributed by atoms with Crippen molar-refractivity contribution in [3.05, 3.63) is 41.7 Å². The molecule has 0 aliphatic heterocycles. The maximum absolute atomic E-state index is 11.0. The molecule has 5 heteroatoms. The molecule has 2 rings (SSSR count). The molecule has 1 aromatic carbocycles. The Kier molecular flexibility index (Phi) is 3.75. The van der Waals surface area contributed by atoms with Gasteiger partial charge in [-0.2, -0.15) is 0 Å². The average molecular weight is 258 g/mol. The summed E-state index contributed by atoms with van der Waals surface area (Å²) in [6, 6.07) is 8.69. The summed E-state index contributed by atoms with van der Waals surface area (Å²) >= 11 is 0. The summed E-state index contributed by atoms with van der Waals surface area (Å²) < 4.78 is 5.35. The van der Waals surface area contributed by atoms with E-state index in [1.807, 2.05) is 31.2 Å². The van der Waals surface area contributed by atoms with Gasteiger partial charge in [-0.25, -0.2) is 14.8 Å². The van der Waals surface area contributed by atoms with Gasteiger partial charge in [-0.1, -0.05) is 0 Å². The predicted molar refractivity (Wildman–Crippen MR) is 70.3 cm³/mol. The SMILES string of the molecule is CCOc1ccc(-c2nc(C)cc(C(=O)O)n2)cc1. The van der Waals surface area contributed by atoms with E-state index in [0.29, 0.717) is 18.1 Å². The van der Waals surface area contributed by atoms with Crippen molar-refractivity contribution in [3.63, 3.8) is 0 Å². The van der Waals surface area contributed by atoms with E-state index in [2.05, 4.69) is 9.97 Å². The van der Waals surface area contributed by atoms with E-state index in [0.717, 1.165) is 11.3 Å². The fourth-order valence-electron chi connectivity index (χ4n) is 1.67. The van der Waals surface area contributed by atoms with Gasteiger partial charge in [0.25, 0.3) is 0 Å². The monoisotopic (exact) mass is 258 g/mol. The first-order chi connectivity index (χ1) is 9.10. The van der Waals surface area contributed by atoms with Gasteiger partial charge in [-0.05, 0) is 44.2 Å². The molecular weight excluding hydrogens is 244 g/mol. The molecule has 0 saturated heterocycles. The van der Waals surface area contributed by atoms with Crippen LogP contribution in [0.25, 0.3) is 11.4 Å². The zero-order chi connectivity index (χ0) is 13.8. The van der Waals surface area contributed by atoms with Crippen molar-refractivity contribution in [1.29, 1.82) is 0 Å². The summed E-state index contributed by atoms with van der Waals surface area (Å²) in [6.45, 7) is 4.26. The standard InChI is InChI=1S/C14H14N2O3/c1-3-19-11-6-4-10(5-7-11)13-15-9(2)8-12(16-13)14(17)18/h4-8H,3H2,1-2H3,(H,17,18). The van der Waals surface area contributed by atoms with Crippen LogP contribution in [0.2, 0.25) is 0 Å². The molecule has 98 valence electrons. The van der Waals surface area contributed by atoms with E-state index in [-0.39, 0.29) is 5.69 Å². The molecule has 1 N–H and O–H groups in total. The second kappa shape index (κ2) is 5.48. The van der Waals surface area contributed by atoms with Gasteiger partial charge in [-0.3, -0.25) is 0 Å². The van der Waals surface area contributed by atoms with E-state index >= 15 is 0 Å². The van der Waals surface area contributed by atoms with Crippen LogP contribution in [-0.2, 0) is 0 Å². The Labute approximate surface area is 110 Å². The molecule has 0 amide bonds.